The first-order valence-electron chi connectivity index (χ1n) is 9.55. The monoisotopic (exact) mass is 372 g/mol. The molecule has 4 amide bonds. The molecule has 0 saturated carbocycles. The molecule has 7 nitrogen and oxygen atoms in total. The minimum absolute atomic E-state index is 0.0978. The van der Waals surface area contributed by atoms with Crippen molar-refractivity contribution in [1.82, 2.24) is 20.0 Å². The van der Waals surface area contributed by atoms with Crippen LogP contribution in [-0.2, 0) is 16.1 Å². The van der Waals surface area contributed by atoms with Gasteiger partial charge in [0.05, 0.1) is 0 Å². The summed E-state index contributed by atoms with van der Waals surface area (Å²) >= 11 is 0. The molecule has 27 heavy (non-hydrogen) atoms. The average molecular weight is 372 g/mol. The second-order valence-corrected chi connectivity index (χ2v) is 7.76. The minimum atomic E-state index is -0.851. The number of nitrogens with one attached hydrogen (secondary N) is 1. The van der Waals surface area contributed by atoms with Gasteiger partial charge in [0, 0.05) is 45.7 Å². The van der Waals surface area contributed by atoms with Crippen molar-refractivity contribution < 1.29 is 14.4 Å². The topological polar surface area (TPSA) is 73.0 Å². The zero-order valence-electron chi connectivity index (χ0n) is 16.1. The molecule has 1 aromatic carbocycles. The van der Waals surface area contributed by atoms with Crippen LogP contribution < -0.4 is 5.32 Å². The van der Waals surface area contributed by atoms with E-state index in [0.29, 0.717) is 12.8 Å². The van der Waals surface area contributed by atoms with E-state index in [1.54, 1.807) is 13.8 Å². The van der Waals surface area contributed by atoms with E-state index >= 15 is 0 Å². The predicted octanol–water partition coefficient (Wildman–Crippen LogP) is 1.44. The second kappa shape index (κ2) is 8.08. The van der Waals surface area contributed by atoms with Crippen molar-refractivity contribution in [2.24, 2.45) is 0 Å². The van der Waals surface area contributed by atoms with Crippen LogP contribution in [-0.4, -0.2) is 70.8 Å². The van der Waals surface area contributed by atoms with Gasteiger partial charge in [-0.2, -0.15) is 0 Å². The van der Waals surface area contributed by atoms with Crippen molar-refractivity contribution in [3.05, 3.63) is 35.9 Å². The highest BCUT2D eigenvalue weighted by Gasteiger charge is 2.43. The lowest BCUT2D eigenvalue weighted by Crippen LogP contribution is -2.48. The fourth-order valence-corrected chi connectivity index (χ4v) is 3.56. The SMILES string of the molecule is CC1(C)NC(=O)N(CCCC(=O)N2CCN(Cc3ccccc3)CC2)C1=O. The minimum Gasteiger partial charge on any atom is -0.340 e. The number of carbonyl (C=O) groups excluding carboxylic acids is 3. The van der Waals surface area contributed by atoms with Gasteiger partial charge < -0.3 is 10.2 Å². The summed E-state index contributed by atoms with van der Waals surface area (Å²) in [4.78, 5) is 41.9. The normalized spacial score (nSPS) is 20.1. The van der Waals surface area contributed by atoms with Crippen LogP contribution >= 0.6 is 0 Å². The molecule has 0 spiro atoms. The molecule has 2 heterocycles. The van der Waals surface area contributed by atoms with E-state index in [1.165, 1.54) is 10.5 Å². The Labute approximate surface area is 160 Å². The summed E-state index contributed by atoms with van der Waals surface area (Å²) < 4.78 is 0. The van der Waals surface area contributed by atoms with Crippen LogP contribution in [0.15, 0.2) is 30.3 Å². The second-order valence-electron chi connectivity index (χ2n) is 7.76. The Kier molecular flexibility index (Phi) is 5.79. The molecule has 2 fully saturated rings. The molecule has 7 heteroatoms. The van der Waals surface area contributed by atoms with Crippen molar-refractivity contribution in [1.29, 1.82) is 0 Å². The quantitative estimate of drug-likeness (QED) is 0.767. The molecule has 3 rings (SSSR count). The van der Waals surface area contributed by atoms with E-state index in [2.05, 4.69) is 22.3 Å². The van der Waals surface area contributed by atoms with Gasteiger partial charge in [0.25, 0.3) is 5.91 Å². The van der Waals surface area contributed by atoms with Crippen molar-refractivity contribution in [2.45, 2.75) is 38.8 Å². The summed E-state index contributed by atoms with van der Waals surface area (Å²) in [6, 6.07) is 9.97. The van der Waals surface area contributed by atoms with Crippen molar-refractivity contribution in [2.75, 3.05) is 32.7 Å². The van der Waals surface area contributed by atoms with Crippen LogP contribution in [0.25, 0.3) is 0 Å². The van der Waals surface area contributed by atoms with Gasteiger partial charge in [-0.05, 0) is 25.8 Å². The Morgan fingerprint density at radius 1 is 1.07 bits per heavy atom. The molecule has 0 atom stereocenters. The summed E-state index contributed by atoms with van der Waals surface area (Å²) in [6.07, 6.45) is 0.856. The number of amides is 4. The van der Waals surface area contributed by atoms with Gasteiger partial charge in [0.15, 0.2) is 0 Å². The van der Waals surface area contributed by atoms with Crippen LogP contribution in [0.5, 0.6) is 0 Å². The van der Waals surface area contributed by atoms with E-state index < -0.39 is 5.54 Å². The third-order valence-electron chi connectivity index (χ3n) is 5.19. The zero-order valence-corrected chi connectivity index (χ0v) is 16.1. The summed E-state index contributed by atoms with van der Waals surface area (Å²) in [5.74, 6) is -0.129. The van der Waals surface area contributed by atoms with Crippen LogP contribution in [0.1, 0.15) is 32.3 Å². The van der Waals surface area contributed by atoms with Crippen LogP contribution in [0.3, 0.4) is 0 Å². The highest BCUT2D eigenvalue weighted by molar-refractivity contribution is 6.06. The Hall–Kier alpha value is -2.41. The Morgan fingerprint density at radius 3 is 2.33 bits per heavy atom. The van der Waals surface area contributed by atoms with E-state index in [0.717, 1.165) is 32.7 Å². The third-order valence-corrected chi connectivity index (χ3v) is 5.19. The Morgan fingerprint density at radius 2 is 1.74 bits per heavy atom. The number of hydrogen-bond acceptors (Lipinski definition) is 4. The van der Waals surface area contributed by atoms with Crippen molar-refractivity contribution in [3.8, 4) is 0 Å². The van der Waals surface area contributed by atoms with Crippen molar-refractivity contribution >= 4 is 17.8 Å². The van der Waals surface area contributed by atoms with Gasteiger partial charge in [-0.1, -0.05) is 30.3 Å². The number of urea groups is 1. The largest absolute Gasteiger partial charge is 0.340 e. The lowest BCUT2D eigenvalue weighted by Gasteiger charge is -2.35. The molecule has 1 aromatic rings. The molecular weight excluding hydrogens is 344 g/mol. The van der Waals surface area contributed by atoms with Gasteiger partial charge in [0.2, 0.25) is 5.91 Å². The smallest absolute Gasteiger partial charge is 0.325 e. The average Bonchev–Trinajstić information content (AvgIpc) is 2.84. The maximum Gasteiger partial charge on any atom is 0.325 e. The molecule has 0 aromatic heterocycles. The van der Waals surface area contributed by atoms with Crippen molar-refractivity contribution in [3.63, 3.8) is 0 Å². The number of hydrogen-bond donors (Lipinski definition) is 1. The molecule has 0 aliphatic carbocycles. The molecule has 1 N–H and O–H groups in total. The van der Waals surface area contributed by atoms with Gasteiger partial charge in [-0.25, -0.2) is 4.79 Å². The summed E-state index contributed by atoms with van der Waals surface area (Å²) in [5, 5.41) is 2.66. The Balaban J connectivity index is 1.39. The van der Waals surface area contributed by atoms with E-state index in [1.807, 2.05) is 23.1 Å². The van der Waals surface area contributed by atoms with Gasteiger partial charge in [0.1, 0.15) is 5.54 Å². The highest BCUT2D eigenvalue weighted by Crippen LogP contribution is 2.17. The predicted molar refractivity (Wildman–Crippen MR) is 102 cm³/mol. The first-order chi connectivity index (χ1) is 12.9. The van der Waals surface area contributed by atoms with Crippen LogP contribution in [0.4, 0.5) is 4.79 Å². The Bertz CT molecular complexity index is 696. The van der Waals surface area contributed by atoms with Gasteiger partial charge in [-0.15, -0.1) is 0 Å². The number of carbonyl (C=O) groups is 3. The molecule has 2 aliphatic heterocycles. The number of benzene rings is 1. The lowest BCUT2D eigenvalue weighted by molar-refractivity contribution is -0.134. The highest BCUT2D eigenvalue weighted by atomic mass is 16.2. The molecule has 2 saturated heterocycles. The molecule has 0 radical (unpaired) electrons. The molecule has 0 unspecified atom stereocenters. The molecule has 2 aliphatic rings. The summed E-state index contributed by atoms with van der Waals surface area (Å²) in [7, 11) is 0. The third kappa shape index (κ3) is 4.66. The van der Waals surface area contributed by atoms with Gasteiger partial charge in [-0.3, -0.25) is 19.4 Å². The summed E-state index contributed by atoms with van der Waals surface area (Å²) in [6.45, 7) is 7.74. The zero-order chi connectivity index (χ0) is 19.4. The van der Waals surface area contributed by atoms with E-state index in [-0.39, 0.29) is 24.4 Å². The van der Waals surface area contributed by atoms with E-state index in [4.69, 9.17) is 0 Å². The van der Waals surface area contributed by atoms with Gasteiger partial charge >= 0.3 is 6.03 Å². The first-order valence-corrected chi connectivity index (χ1v) is 9.55. The molecule has 0 bridgehead atoms. The fraction of sp³-hybridized carbons (Fsp3) is 0.550. The van der Waals surface area contributed by atoms with E-state index in [9.17, 15) is 14.4 Å². The maximum atomic E-state index is 12.4. The summed E-state index contributed by atoms with van der Waals surface area (Å²) in [5.41, 5.74) is 0.435. The van der Waals surface area contributed by atoms with Crippen LogP contribution in [0, 0.1) is 0 Å². The number of imide groups is 1. The molecule has 146 valence electrons. The first kappa shape index (κ1) is 19.4. The lowest BCUT2D eigenvalue weighted by atomic mass is 10.1. The van der Waals surface area contributed by atoms with Crippen LogP contribution in [0.2, 0.25) is 0 Å². The standard InChI is InChI=1S/C20H28N4O3/c1-20(2)18(26)24(19(27)21-20)10-6-9-17(25)23-13-11-22(12-14-23)15-16-7-4-3-5-8-16/h3-5,7-8H,6,9-15H2,1-2H3,(H,21,27). The number of rotatable bonds is 6. The fourth-order valence-electron chi connectivity index (χ4n) is 3.56. The molecular formula is C20H28N4O3. The number of nitrogens with zero attached hydrogens (tertiary/aromatic N) is 3. The maximum absolute atomic E-state index is 12.4. The number of piperazine rings is 1.